The Balaban J connectivity index is 1.53. The van der Waals surface area contributed by atoms with Gasteiger partial charge in [-0.25, -0.2) is 0 Å². The molecule has 1 aliphatic heterocycles. The molecule has 1 saturated heterocycles. The molecule has 0 aliphatic carbocycles. The Morgan fingerprint density at radius 3 is 2.66 bits per heavy atom. The van der Waals surface area contributed by atoms with Crippen LogP contribution in [0.4, 0.5) is 11.4 Å². The number of likely N-dealkylation sites (tertiary alicyclic amines) is 1. The molecule has 29 heavy (non-hydrogen) atoms. The van der Waals surface area contributed by atoms with Gasteiger partial charge in [0, 0.05) is 42.9 Å². The third kappa shape index (κ3) is 5.67. The van der Waals surface area contributed by atoms with E-state index in [1.54, 1.807) is 24.3 Å². The number of aryl methyl sites for hydroxylation is 1. The lowest BCUT2D eigenvalue weighted by atomic mass is 10.1. The van der Waals surface area contributed by atoms with Gasteiger partial charge in [0.05, 0.1) is 0 Å². The first-order valence-electron chi connectivity index (χ1n) is 10.1. The van der Waals surface area contributed by atoms with E-state index in [2.05, 4.69) is 10.6 Å². The zero-order chi connectivity index (χ0) is 20.6. The van der Waals surface area contributed by atoms with Gasteiger partial charge in [-0.1, -0.05) is 31.2 Å². The topological polar surface area (TPSA) is 78.5 Å². The van der Waals surface area contributed by atoms with Gasteiger partial charge in [-0.15, -0.1) is 0 Å². The highest BCUT2D eigenvalue weighted by Crippen LogP contribution is 2.18. The molecule has 0 unspecified atom stereocenters. The summed E-state index contributed by atoms with van der Waals surface area (Å²) in [6.45, 7) is 3.45. The molecule has 0 radical (unpaired) electrons. The largest absolute Gasteiger partial charge is 0.343 e. The summed E-state index contributed by atoms with van der Waals surface area (Å²) in [4.78, 5) is 38.2. The van der Waals surface area contributed by atoms with Gasteiger partial charge in [0.2, 0.25) is 11.8 Å². The molecule has 0 spiro atoms. The molecule has 1 heterocycles. The number of rotatable bonds is 8. The molecule has 152 valence electrons. The van der Waals surface area contributed by atoms with Crippen LogP contribution in [-0.2, 0) is 16.0 Å². The van der Waals surface area contributed by atoms with Crippen LogP contribution in [0, 0.1) is 0 Å². The van der Waals surface area contributed by atoms with Crippen molar-refractivity contribution in [2.75, 3.05) is 23.7 Å². The second kappa shape index (κ2) is 9.87. The van der Waals surface area contributed by atoms with Gasteiger partial charge in [-0.05, 0) is 49.1 Å². The van der Waals surface area contributed by atoms with Crippen LogP contribution in [0.25, 0.3) is 0 Å². The molecule has 3 amide bonds. The molecule has 1 aliphatic rings. The van der Waals surface area contributed by atoms with Gasteiger partial charge < -0.3 is 15.5 Å². The van der Waals surface area contributed by atoms with Gasteiger partial charge in [-0.2, -0.15) is 0 Å². The number of amides is 3. The number of nitrogens with zero attached hydrogens (tertiary/aromatic N) is 1. The SMILES string of the molecule is CCc1ccccc1NC(=O)c1cccc(NC(=O)CCCN2CCCC2=O)c1. The summed E-state index contributed by atoms with van der Waals surface area (Å²) in [6, 6.07) is 14.6. The van der Waals surface area contributed by atoms with Gasteiger partial charge in [0.15, 0.2) is 0 Å². The standard InChI is InChI=1S/C23H27N3O3/c1-2-17-8-3-4-11-20(17)25-23(29)18-9-5-10-19(16-18)24-21(27)12-6-14-26-15-7-13-22(26)28/h3-5,8-11,16H,2,6-7,12-15H2,1H3,(H,24,27)(H,25,29). The fraction of sp³-hybridized carbons (Fsp3) is 0.348. The van der Waals surface area contributed by atoms with Crippen molar-refractivity contribution in [3.63, 3.8) is 0 Å². The quantitative estimate of drug-likeness (QED) is 0.715. The van der Waals surface area contributed by atoms with Gasteiger partial charge in [-0.3, -0.25) is 14.4 Å². The van der Waals surface area contributed by atoms with Gasteiger partial charge >= 0.3 is 0 Å². The summed E-state index contributed by atoms with van der Waals surface area (Å²) in [7, 11) is 0. The fourth-order valence-corrected chi connectivity index (χ4v) is 3.48. The van der Waals surface area contributed by atoms with Crippen molar-refractivity contribution < 1.29 is 14.4 Å². The van der Waals surface area contributed by atoms with Crippen LogP contribution < -0.4 is 10.6 Å². The van der Waals surface area contributed by atoms with E-state index in [0.717, 1.165) is 30.6 Å². The highest BCUT2D eigenvalue weighted by Gasteiger charge is 2.19. The third-order valence-electron chi connectivity index (χ3n) is 5.06. The zero-order valence-electron chi connectivity index (χ0n) is 16.7. The maximum absolute atomic E-state index is 12.6. The highest BCUT2D eigenvalue weighted by atomic mass is 16.2. The smallest absolute Gasteiger partial charge is 0.255 e. The van der Waals surface area contributed by atoms with Crippen LogP contribution in [-0.4, -0.2) is 35.7 Å². The molecule has 0 atom stereocenters. The van der Waals surface area contributed by atoms with Gasteiger partial charge in [0.1, 0.15) is 0 Å². The minimum absolute atomic E-state index is 0.120. The molecule has 0 bridgehead atoms. The molecule has 3 rings (SSSR count). The molecule has 6 heteroatoms. The first-order valence-corrected chi connectivity index (χ1v) is 10.1. The van der Waals surface area contributed by atoms with E-state index >= 15 is 0 Å². The van der Waals surface area contributed by atoms with E-state index in [-0.39, 0.29) is 17.7 Å². The van der Waals surface area contributed by atoms with Crippen LogP contribution >= 0.6 is 0 Å². The maximum Gasteiger partial charge on any atom is 0.255 e. The number of anilines is 2. The normalized spacial score (nSPS) is 13.4. The van der Waals surface area contributed by atoms with Crippen molar-refractivity contribution in [1.29, 1.82) is 0 Å². The summed E-state index contributed by atoms with van der Waals surface area (Å²) in [5.41, 5.74) is 2.94. The fourth-order valence-electron chi connectivity index (χ4n) is 3.48. The second-order valence-corrected chi connectivity index (χ2v) is 7.18. The molecule has 2 aromatic rings. The monoisotopic (exact) mass is 393 g/mol. The Kier molecular flexibility index (Phi) is 7.00. The highest BCUT2D eigenvalue weighted by molar-refractivity contribution is 6.05. The Bertz CT molecular complexity index is 894. The number of nitrogens with one attached hydrogen (secondary N) is 2. The number of para-hydroxylation sites is 1. The Morgan fingerprint density at radius 1 is 1.07 bits per heavy atom. The lowest BCUT2D eigenvalue weighted by Gasteiger charge is -2.15. The van der Waals surface area contributed by atoms with Crippen molar-refractivity contribution in [3.8, 4) is 0 Å². The number of carbonyl (C=O) groups is 3. The predicted octanol–water partition coefficient (Wildman–Crippen LogP) is 3.84. The van der Waals surface area contributed by atoms with Crippen LogP contribution in [0.5, 0.6) is 0 Å². The van der Waals surface area contributed by atoms with E-state index in [4.69, 9.17) is 0 Å². The van der Waals surface area contributed by atoms with E-state index in [1.165, 1.54) is 0 Å². The average molecular weight is 393 g/mol. The molecule has 2 aromatic carbocycles. The van der Waals surface area contributed by atoms with E-state index in [1.807, 2.05) is 36.1 Å². The Labute approximate surface area is 171 Å². The summed E-state index contributed by atoms with van der Waals surface area (Å²) >= 11 is 0. The van der Waals surface area contributed by atoms with Crippen molar-refractivity contribution in [2.24, 2.45) is 0 Å². The summed E-state index contributed by atoms with van der Waals surface area (Å²) in [5, 5.41) is 5.78. The lowest BCUT2D eigenvalue weighted by Crippen LogP contribution is -2.26. The maximum atomic E-state index is 12.6. The third-order valence-corrected chi connectivity index (χ3v) is 5.06. The first-order chi connectivity index (χ1) is 14.1. The minimum Gasteiger partial charge on any atom is -0.343 e. The van der Waals surface area contributed by atoms with Crippen LogP contribution in [0.1, 0.15) is 48.5 Å². The predicted molar refractivity (Wildman–Crippen MR) is 114 cm³/mol. The van der Waals surface area contributed by atoms with E-state index in [0.29, 0.717) is 37.1 Å². The number of hydrogen-bond donors (Lipinski definition) is 2. The number of benzene rings is 2. The van der Waals surface area contributed by atoms with E-state index < -0.39 is 0 Å². The average Bonchev–Trinajstić information content (AvgIpc) is 3.13. The molecule has 1 fully saturated rings. The van der Waals surface area contributed by atoms with Crippen LogP contribution in [0.15, 0.2) is 48.5 Å². The van der Waals surface area contributed by atoms with Crippen molar-refractivity contribution in [2.45, 2.75) is 39.0 Å². The lowest BCUT2D eigenvalue weighted by molar-refractivity contribution is -0.128. The van der Waals surface area contributed by atoms with E-state index in [9.17, 15) is 14.4 Å². The summed E-state index contributed by atoms with van der Waals surface area (Å²) < 4.78 is 0. The van der Waals surface area contributed by atoms with Crippen LogP contribution in [0.2, 0.25) is 0 Å². The Morgan fingerprint density at radius 2 is 1.90 bits per heavy atom. The summed E-state index contributed by atoms with van der Waals surface area (Å²) in [5.74, 6) is -0.158. The van der Waals surface area contributed by atoms with Crippen molar-refractivity contribution in [1.82, 2.24) is 4.90 Å². The van der Waals surface area contributed by atoms with Crippen molar-refractivity contribution >= 4 is 29.1 Å². The number of hydrogen-bond acceptors (Lipinski definition) is 3. The first kappa shape index (κ1) is 20.6. The molecule has 6 nitrogen and oxygen atoms in total. The van der Waals surface area contributed by atoms with Gasteiger partial charge in [0.25, 0.3) is 5.91 Å². The van der Waals surface area contributed by atoms with Crippen molar-refractivity contribution in [3.05, 3.63) is 59.7 Å². The summed E-state index contributed by atoms with van der Waals surface area (Å²) in [6.07, 6.45) is 3.32. The molecule has 0 aromatic heterocycles. The Hall–Kier alpha value is -3.15. The molecular formula is C23H27N3O3. The molecular weight excluding hydrogens is 366 g/mol. The minimum atomic E-state index is -0.213. The zero-order valence-corrected chi connectivity index (χ0v) is 16.7. The molecule has 0 saturated carbocycles. The molecule has 2 N–H and O–H groups in total. The second-order valence-electron chi connectivity index (χ2n) is 7.18. The van der Waals surface area contributed by atoms with Crippen LogP contribution in [0.3, 0.4) is 0 Å². The number of carbonyl (C=O) groups excluding carboxylic acids is 3.